The van der Waals surface area contributed by atoms with Gasteiger partial charge >= 0.3 is 103 Å². The molecule has 0 aliphatic carbocycles. The normalized spacial score (nSPS) is 9.56. The van der Waals surface area contributed by atoms with Crippen LogP contribution < -0.4 is 0 Å². The molecular weight excluding hydrogens is 576 g/mol. The van der Waals surface area contributed by atoms with Crippen molar-refractivity contribution in [3.8, 4) is 0 Å². The number of benzene rings is 6. The molecule has 0 saturated heterocycles. The fraction of sp³-hybridized carbons (Fsp3) is 0.0526. The van der Waals surface area contributed by atoms with Crippen LogP contribution in [0.1, 0.15) is 11.1 Å². The Hall–Kier alpha value is -4.20. The van der Waals surface area contributed by atoms with Crippen LogP contribution in [-0.4, -0.2) is 0 Å². The molecule has 200 valence electrons. The van der Waals surface area contributed by atoms with Crippen LogP contribution in [-0.2, 0) is 31.5 Å². The smallest absolute Gasteiger partial charge is 0.0624 e. The van der Waals surface area contributed by atoms with Gasteiger partial charge in [-0.1, -0.05) is 121 Å². The van der Waals surface area contributed by atoms with Crippen molar-refractivity contribution in [1.29, 1.82) is 0 Å². The molecular formula is C38H34N2Zr. The molecule has 0 N–H and O–H groups in total. The fourth-order valence-corrected chi connectivity index (χ4v) is 6.74. The third kappa shape index (κ3) is 12.2. The van der Waals surface area contributed by atoms with E-state index in [-0.39, 0.29) is 23.2 Å². The molecule has 0 unspecified atom stereocenters. The Morgan fingerprint density at radius 1 is 0.293 bits per heavy atom. The largest absolute Gasteiger partial charge is 0.658 e. The van der Waals surface area contributed by atoms with E-state index in [1.54, 1.807) is 0 Å². The van der Waals surface area contributed by atoms with Crippen LogP contribution in [0.3, 0.4) is 0 Å². The van der Waals surface area contributed by atoms with Gasteiger partial charge in [-0.2, -0.15) is 0 Å². The number of para-hydroxylation sites is 4. The fourth-order valence-electron chi connectivity index (χ4n) is 3.85. The summed E-state index contributed by atoms with van der Waals surface area (Å²) in [5, 5.41) is 8.88. The number of rotatable bonds is 8. The minimum Gasteiger partial charge on any atom is -0.658 e. The Labute approximate surface area is 256 Å². The maximum absolute atomic E-state index is 4.44. The van der Waals surface area contributed by atoms with Crippen molar-refractivity contribution in [2.75, 3.05) is 0 Å². The molecule has 41 heavy (non-hydrogen) atoms. The van der Waals surface area contributed by atoms with E-state index in [0.717, 1.165) is 22.7 Å². The zero-order valence-corrected chi connectivity index (χ0v) is 25.6. The molecule has 0 bridgehead atoms. The molecule has 0 heterocycles. The topological polar surface area (TPSA) is 28.2 Å². The van der Waals surface area contributed by atoms with Gasteiger partial charge < -0.3 is 10.6 Å². The average molecular weight is 610 g/mol. The Morgan fingerprint density at radius 2 is 0.512 bits per heavy atom. The van der Waals surface area contributed by atoms with Crippen LogP contribution in [0.25, 0.3) is 10.6 Å². The third-order valence-electron chi connectivity index (χ3n) is 5.89. The predicted molar refractivity (Wildman–Crippen MR) is 171 cm³/mol. The molecule has 6 aromatic rings. The minimum absolute atomic E-state index is 0.258. The van der Waals surface area contributed by atoms with Gasteiger partial charge in [-0.3, -0.25) is 0 Å². The number of hydrogen-bond donors (Lipinski definition) is 0. The van der Waals surface area contributed by atoms with E-state index >= 15 is 0 Å². The van der Waals surface area contributed by atoms with Crippen molar-refractivity contribution in [3.63, 3.8) is 0 Å². The third-order valence-corrected chi connectivity index (χ3v) is 9.12. The molecule has 0 saturated carbocycles. The zero-order valence-electron chi connectivity index (χ0n) is 23.1. The van der Waals surface area contributed by atoms with E-state index in [0.29, 0.717) is 0 Å². The van der Waals surface area contributed by atoms with Crippen molar-refractivity contribution >= 4 is 22.7 Å². The summed E-state index contributed by atoms with van der Waals surface area (Å²) in [7, 11) is 0. The molecule has 0 radical (unpaired) electrons. The number of nitrogens with zero attached hydrogens (tertiary/aromatic N) is 2. The van der Waals surface area contributed by atoms with Crippen molar-refractivity contribution in [3.05, 3.63) is 204 Å². The molecule has 0 spiro atoms. The Morgan fingerprint density at radius 3 is 0.756 bits per heavy atom. The van der Waals surface area contributed by atoms with Crippen LogP contribution in [0.2, 0.25) is 0 Å². The maximum Gasteiger partial charge on any atom is -0.0624 e. The van der Waals surface area contributed by atoms with Gasteiger partial charge in [0.25, 0.3) is 0 Å². The molecule has 2 nitrogen and oxygen atoms in total. The van der Waals surface area contributed by atoms with Crippen LogP contribution in [0, 0.1) is 0 Å². The first-order valence-electron chi connectivity index (χ1n) is 13.8. The molecule has 0 amide bonds. The summed E-state index contributed by atoms with van der Waals surface area (Å²) in [5.41, 5.74) is 7.00. The van der Waals surface area contributed by atoms with E-state index in [1.807, 2.05) is 121 Å². The van der Waals surface area contributed by atoms with E-state index in [1.165, 1.54) is 19.4 Å². The Bertz CT molecular complexity index is 1270. The standard InChI is InChI=1S/2C12H10N.2C7H7.Zr/c2*1-3-7-11(8-4-1)13-12-9-5-2-6-10-12;2*1-7-5-3-2-4-6-7;/h2*1-10H;2*2-6H,1H2;/q2*-1;;;+2. The van der Waals surface area contributed by atoms with Crippen molar-refractivity contribution in [2.45, 2.75) is 8.26 Å². The summed E-state index contributed by atoms with van der Waals surface area (Å²) in [6.45, 7) is 0. The molecule has 0 aliphatic rings. The van der Waals surface area contributed by atoms with Crippen LogP contribution >= 0.6 is 0 Å². The monoisotopic (exact) mass is 608 g/mol. The van der Waals surface area contributed by atoms with Gasteiger partial charge in [-0.25, -0.2) is 0 Å². The van der Waals surface area contributed by atoms with Crippen molar-refractivity contribution in [1.82, 2.24) is 0 Å². The second kappa shape index (κ2) is 18.2. The minimum atomic E-state index is -0.258. The Kier molecular flexibility index (Phi) is 13.2. The first-order chi connectivity index (χ1) is 20.3. The molecule has 0 aromatic heterocycles. The summed E-state index contributed by atoms with van der Waals surface area (Å²) < 4.78 is 2.69. The quantitative estimate of drug-likeness (QED) is 0.164. The summed E-state index contributed by atoms with van der Waals surface area (Å²) >= 11 is -0.258. The van der Waals surface area contributed by atoms with E-state index in [2.05, 4.69) is 71.3 Å². The van der Waals surface area contributed by atoms with Crippen molar-refractivity contribution < 1.29 is 23.2 Å². The molecule has 0 fully saturated rings. The summed E-state index contributed by atoms with van der Waals surface area (Å²) in [6, 6.07) is 61.5. The van der Waals surface area contributed by atoms with Gasteiger partial charge in [-0.15, -0.1) is 22.7 Å². The van der Waals surface area contributed by atoms with Crippen molar-refractivity contribution in [2.24, 2.45) is 0 Å². The zero-order chi connectivity index (χ0) is 28.2. The van der Waals surface area contributed by atoms with Gasteiger partial charge in [0.15, 0.2) is 0 Å². The van der Waals surface area contributed by atoms with Gasteiger partial charge in [0.2, 0.25) is 0 Å². The molecule has 3 heteroatoms. The van der Waals surface area contributed by atoms with Gasteiger partial charge in [0.05, 0.1) is 0 Å². The molecule has 0 atom stereocenters. The number of hydrogen-bond acceptors (Lipinski definition) is 0. The summed E-state index contributed by atoms with van der Waals surface area (Å²) in [6.07, 6.45) is 0. The van der Waals surface area contributed by atoms with E-state index < -0.39 is 0 Å². The SMILES string of the molecule is c1ccc([CH2][Zr+2][CH2]c2ccccc2)cc1.c1ccc([N-]c2ccccc2)cc1.c1ccc([N-]c2ccccc2)cc1. The molecule has 6 rings (SSSR count). The van der Waals surface area contributed by atoms with Gasteiger partial charge in [-0.05, 0) is 0 Å². The molecule has 0 aliphatic heterocycles. The van der Waals surface area contributed by atoms with E-state index in [9.17, 15) is 0 Å². The second-order valence-electron chi connectivity index (χ2n) is 9.14. The van der Waals surface area contributed by atoms with Gasteiger partial charge in [0, 0.05) is 0 Å². The van der Waals surface area contributed by atoms with Crippen LogP contribution in [0.5, 0.6) is 0 Å². The predicted octanol–water partition coefficient (Wildman–Crippen LogP) is 11.5. The van der Waals surface area contributed by atoms with E-state index in [4.69, 9.17) is 0 Å². The van der Waals surface area contributed by atoms with Crippen LogP contribution in [0.4, 0.5) is 22.7 Å². The Balaban J connectivity index is 0.000000142. The first-order valence-corrected chi connectivity index (χ1v) is 17.2. The molecule has 6 aromatic carbocycles. The maximum atomic E-state index is 4.44. The second-order valence-corrected chi connectivity index (χ2v) is 12.1. The van der Waals surface area contributed by atoms with Crippen LogP contribution in [0.15, 0.2) is 182 Å². The average Bonchev–Trinajstić information content (AvgIpc) is 3.05. The first kappa shape index (κ1) is 29.8. The summed E-state index contributed by atoms with van der Waals surface area (Å²) in [4.78, 5) is 0. The van der Waals surface area contributed by atoms with Gasteiger partial charge in [0.1, 0.15) is 0 Å². The summed E-state index contributed by atoms with van der Waals surface area (Å²) in [5.74, 6) is 0.